The second-order valence-corrected chi connectivity index (χ2v) is 6.66. The third-order valence-electron chi connectivity index (χ3n) is 4.62. The first-order valence-electron chi connectivity index (χ1n) is 8.88. The van der Waals surface area contributed by atoms with Crippen LogP contribution in [0.5, 0.6) is 0 Å². The van der Waals surface area contributed by atoms with E-state index in [4.69, 9.17) is 15.8 Å². The van der Waals surface area contributed by atoms with E-state index in [1.54, 1.807) is 0 Å². The Morgan fingerprint density at radius 2 is 1.03 bits per heavy atom. The number of hydrogen-bond acceptors (Lipinski definition) is 5. The van der Waals surface area contributed by atoms with E-state index in [0.717, 1.165) is 18.2 Å². The minimum Gasteiger partial charge on any atom is -0.192 e. The highest BCUT2D eigenvalue weighted by molar-refractivity contribution is 5.80. The van der Waals surface area contributed by atoms with Gasteiger partial charge in [0.25, 0.3) is 0 Å². The topological polar surface area (TPSA) is 119 Å². The number of nitriles is 5. The summed E-state index contributed by atoms with van der Waals surface area (Å²) in [4.78, 5) is 0. The summed E-state index contributed by atoms with van der Waals surface area (Å²) in [5.74, 6) is 0. The molecule has 0 heterocycles. The largest absolute Gasteiger partial charge is 0.418 e. The molecule has 0 amide bonds. The van der Waals surface area contributed by atoms with Crippen LogP contribution in [-0.2, 0) is 18.5 Å². The first kappa shape index (κ1) is 27.2. The van der Waals surface area contributed by atoms with Crippen LogP contribution in [0.4, 0.5) is 39.5 Å². The summed E-state index contributed by atoms with van der Waals surface area (Å²) in [6, 6.07) is 6.41. The average molecular weight is 509 g/mol. The quantitative estimate of drug-likeness (QED) is 0.528. The van der Waals surface area contributed by atoms with Gasteiger partial charge in [-0.1, -0.05) is 12.1 Å². The zero-order valence-corrected chi connectivity index (χ0v) is 16.9. The van der Waals surface area contributed by atoms with Gasteiger partial charge in [-0.15, -0.1) is 0 Å². The highest BCUT2D eigenvalue weighted by Gasteiger charge is 2.42. The van der Waals surface area contributed by atoms with Gasteiger partial charge in [-0.25, -0.2) is 0 Å². The molecule has 0 spiro atoms. The number of benzene rings is 2. The first-order valence-corrected chi connectivity index (χ1v) is 8.88. The van der Waals surface area contributed by atoms with Crippen molar-refractivity contribution in [1.82, 2.24) is 0 Å². The van der Waals surface area contributed by atoms with Gasteiger partial charge in [-0.2, -0.15) is 65.8 Å². The molecule has 180 valence electrons. The fourth-order valence-corrected chi connectivity index (χ4v) is 3.21. The molecule has 0 aliphatic heterocycles. The minimum absolute atomic E-state index is 0.0887. The molecule has 0 saturated heterocycles. The van der Waals surface area contributed by atoms with Crippen molar-refractivity contribution < 1.29 is 39.5 Å². The molecule has 2 aromatic rings. The Bertz CT molecular complexity index is 1540. The van der Waals surface area contributed by atoms with Gasteiger partial charge in [0.2, 0.25) is 0 Å². The molecule has 2 aromatic carbocycles. The molecule has 2 rings (SSSR count). The lowest BCUT2D eigenvalue weighted by Gasteiger charge is -2.17. The highest BCUT2D eigenvalue weighted by atomic mass is 19.4. The molecule has 0 aliphatic carbocycles. The van der Waals surface area contributed by atoms with Crippen LogP contribution in [0.25, 0.3) is 11.1 Å². The summed E-state index contributed by atoms with van der Waals surface area (Å²) in [5.41, 5.74) is -13.1. The lowest BCUT2D eigenvalue weighted by molar-refractivity contribution is -0.143. The monoisotopic (exact) mass is 509 g/mol. The van der Waals surface area contributed by atoms with Gasteiger partial charge >= 0.3 is 18.5 Å². The lowest BCUT2D eigenvalue weighted by Crippen LogP contribution is -2.29. The van der Waals surface area contributed by atoms with Crippen molar-refractivity contribution in [3.63, 3.8) is 0 Å². The van der Waals surface area contributed by atoms with E-state index in [2.05, 4.69) is 0 Å². The fourth-order valence-electron chi connectivity index (χ4n) is 3.21. The molecule has 5 nitrogen and oxygen atoms in total. The normalized spacial score (nSPS) is 12.3. The number of hydrogen-bond donors (Lipinski definition) is 0. The SMILES string of the molecule is N#CC(C#N)=c1cc/c(=C(/C#N)c2cc(C(F)(F)F)c(C#N)c(C(F)(F)F)c2)c(C(F)(F)F)c1C#N. The molecule has 0 fully saturated rings. The number of nitrogens with zero attached hydrogens (tertiary/aromatic N) is 5. The Morgan fingerprint density at radius 3 is 1.36 bits per heavy atom. The van der Waals surface area contributed by atoms with Crippen LogP contribution in [0.15, 0.2) is 24.3 Å². The Hall–Kier alpha value is -5.00. The van der Waals surface area contributed by atoms with Crippen LogP contribution in [-0.4, -0.2) is 0 Å². The second-order valence-electron chi connectivity index (χ2n) is 6.66. The standard InChI is InChI=1S/C22H4F9N5/c23-20(24,25)17-3-10(4-18(16(17)9-36)21(26,27)28)14(7-34)13-2-1-12(11(5-32)6-33)15(8-35)19(13)22(29,30)31/h1-4H/b14-13+. The Balaban J connectivity index is 3.35. The minimum atomic E-state index is -5.57. The molecule has 0 aliphatic rings. The van der Waals surface area contributed by atoms with Gasteiger partial charge in [-0.3, -0.25) is 0 Å². The molecule has 0 N–H and O–H groups in total. The molecule has 0 saturated carbocycles. The third-order valence-corrected chi connectivity index (χ3v) is 4.62. The van der Waals surface area contributed by atoms with Crippen molar-refractivity contribution in [1.29, 1.82) is 26.3 Å². The summed E-state index contributed by atoms with van der Waals surface area (Å²) in [5, 5.41) is 43.5. The van der Waals surface area contributed by atoms with Gasteiger partial charge in [0.1, 0.15) is 35.9 Å². The van der Waals surface area contributed by atoms with Crippen LogP contribution in [0, 0.1) is 56.7 Å². The maximum Gasteiger partial charge on any atom is 0.418 e. The van der Waals surface area contributed by atoms with Crippen molar-refractivity contribution >= 4 is 11.1 Å². The Morgan fingerprint density at radius 1 is 0.583 bits per heavy atom. The van der Waals surface area contributed by atoms with Crippen LogP contribution in [0.3, 0.4) is 0 Å². The van der Waals surface area contributed by atoms with E-state index in [-0.39, 0.29) is 12.1 Å². The summed E-state index contributed by atoms with van der Waals surface area (Å²) in [6.07, 6.45) is -16.7. The Kier molecular flexibility index (Phi) is 7.06. The van der Waals surface area contributed by atoms with E-state index in [1.807, 2.05) is 0 Å². The second kappa shape index (κ2) is 9.33. The van der Waals surface area contributed by atoms with Crippen LogP contribution < -0.4 is 10.4 Å². The summed E-state index contributed by atoms with van der Waals surface area (Å²) >= 11 is 0. The summed E-state index contributed by atoms with van der Waals surface area (Å²) < 4.78 is 123. The van der Waals surface area contributed by atoms with Gasteiger partial charge in [0.15, 0.2) is 0 Å². The molecule has 14 heteroatoms. The number of alkyl halides is 9. The van der Waals surface area contributed by atoms with Crippen LogP contribution in [0.2, 0.25) is 0 Å². The highest BCUT2D eigenvalue weighted by Crippen LogP contribution is 2.41. The van der Waals surface area contributed by atoms with E-state index in [0.29, 0.717) is 12.1 Å². The maximum atomic E-state index is 14.0. The van der Waals surface area contributed by atoms with Gasteiger partial charge in [0.05, 0.1) is 33.4 Å². The molecule has 0 atom stereocenters. The van der Waals surface area contributed by atoms with E-state index in [1.165, 1.54) is 12.1 Å². The van der Waals surface area contributed by atoms with Gasteiger partial charge < -0.3 is 0 Å². The predicted molar refractivity (Wildman–Crippen MR) is 99.3 cm³/mol. The summed E-state index contributed by atoms with van der Waals surface area (Å²) in [7, 11) is 0. The van der Waals surface area contributed by atoms with Crippen molar-refractivity contribution in [2.45, 2.75) is 18.5 Å². The summed E-state index contributed by atoms with van der Waals surface area (Å²) in [6.45, 7) is 0. The lowest BCUT2D eigenvalue weighted by atomic mass is 9.91. The van der Waals surface area contributed by atoms with Gasteiger partial charge in [0, 0.05) is 10.4 Å². The molecule has 36 heavy (non-hydrogen) atoms. The third kappa shape index (κ3) is 4.92. The molecule has 0 radical (unpaired) electrons. The first-order chi connectivity index (χ1) is 16.6. The van der Waals surface area contributed by atoms with Crippen molar-refractivity contribution in [3.8, 4) is 30.3 Å². The zero-order chi connectivity index (χ0) is 27.6. The number of rotatable bonds is 1. The number of halogens is 9. The molecule has 0 unspecified atom stereocenters. The molecule has 0 aromatic heterocycles. The predicted octanol–water partition coefficient (Wildman–Crippen LogP) is 4.41. The Labute approximate surface area is 194 Å². The molecular weight excluding hydrogens is 505 g/mol. The smallest absolute Gasteiger partial charge is 0.192 e. The zero-order valence-electron chi connectivity index (χ0n) is 16.9. The van der Waals surface area contributed by atoms with Crippen molar-refractivity contribution in [2.24, 2.45) is 0 Å². The van der Waals surface area contributed by atoms with Gasteiger partial charge in [-0.05, 0) is 17.7 Å². The van der Waals surface area contributed by atoms with Crippen LogP contribution >= 0.6 is 0 Å². The van der Waals surface area contributed by atoms with Crippen molar-refractivity contribution in [3.05, 3.63) is 68.1 Å². The molecule has 0 bridgehead atoms. The van der Waals surface area contributed by atoms with E-state index < -0.39 is 73.5 Å². The van der Waals surface area contributed by atoms with Crippen LogP contribution in [0.1, 0.15) is 33.4 Å². The van der Waals surface area contributed by atoms with Crippen molar-refractivity contribution in [2.75, 3.05) is 0 Å². The fraction of sp³-hybridized carbons (Fsp3) is 0.136. The maximum absolute atomic E-state index is 14.0. The van der Waals surface area contributed by atoms with E-state index in [9.17, 15) is 50.0 Å². The molecular formula is C22H4F9N5. The average Bonchev–Trinajstić information content (AvgIpc) is 2.78. The van der Waals surface area contributed by atoms with E-state index >= 15 is 0 Å².